The molecule has 120 valence electrons. The Labute approximate surface area is 136 Å². The molecule has 1 heterocycles. The Morgan fingerprint density at radius 3 is 2.73 bits per heavy atom. The number of carbonyl (C=O) groups is 2. The van der Waals surface area contributed by atoms with Gasteiger partial charge in [-0.1, -0.05) is 19.1 Å². The van der Waals surface area contributed by atoms with Gasteiger partial charge in [0.1, 0.15) is 0 Å². The molecule has 0 spiro atoms. The third-order valence-electron chi connectivity index (χ3n) is 3.88. The van der Waals surface area contributed by atoms with Gasteiger partial charge in [0.05, 0.1) is 5.75 Å². The first-order valence-corrected chi connectivity index (χ1v) is 8.92. The highest BCUT2D eigenvalue weighted by atomic mass is 32.2. The fourth-order valence-corrected chi connectivity index (χ4v) is 3.42. The van der Waals surface area contributed by atoms with E-state index in [2.05, 4.69) is 12.2 Å². The van der Waals surface area contributed by atoms with Crippen LogP contribution in [0, 0.1) is 5.92 Å². The van der Waals surface area contributed by atoms with E-state index in [4.69, 9.17) is 0 Å². The molecule has 0 radical (unpaired) electrons. The Morgan fingerprint density at radius 2 is 2.05 bits per heavy atom. The molecule has 0 aromatic heterocycles. The van der Waals surface area contributed by atoms with Gasteiger partial charge in [-0.05, 0) is 36.5 Å². The van der Waals surface area contributed by atoms with Crippen LogP contribution in [0.1, 0.15) is 32.3 Å². The Morgan fingerprint density at radius 1 is 1.32 bits per heavy atom. The van der Waals surface area contributed by atoms with Gasteiger partial charge in [0, 0.05) is 31.5 Å². The lowest BCUT2D eigenvalue weighted by Crippen LogP contribution is -2.38. The molecular weight excluding hydrogens is 296 g/mol. The van der Waals surface area contributed by atoms with Gasteiger partial charge in [0.2, 0.25) is 11.8 Å². The van der Waals surface area contributed by atoms with Gasteiger partial charge in [0.15, 0.2) is 0 Å². The van der Waals surface area contributed by atoms with Crippen molar-refractivity contribution in [1.82, 2.24) is 4.90 Å². The minimum absolute atomic E-state index is 0.0701. The molecule has 1 fully saturated rings. The molecule has 0 bridgehead atoms. The molecule has 1 aliphatic rings. The summed E-state index contributed by atoms with van der Waals surface area (Å²) in [6.45, 7) is 5.55. The fraction of sp³-hybridized carbons (Fsp3) is 0.529. The topological polar surface area (TPSA) is 49.4 Å². The maximum Gasteiger partial charge on any atom is 0.232 e. The van der Waals surface area contributed by atoms with Gasteiger partial charge in [-0.2, -0.15) is 0 Å². The number of nitrogens with zero attached hydrogens (tertiary/aromatic N) is 1. The van der Waals surface area contributed by atoms with Crippen LogP contribution in [0.3, 0.4) is 0 Å². The molecule has 0 unspecified atom stereocenters. The summed E-state index contributed by atoms with van der Waals surface area (Å²) in [5.74, 6) is 2.23. The van der Waals surface area contributed by atoms with Gasteiger partial charge in [-0.3, -0.25) is 9.59 Å². The van der Waals surface area contributed by atoms with E-state index in [1.165, 1.54) is 6.92 Å². The number of nitrogens with one attached hydrogen (secondary N) is 1. The molecule has 2 rings (SSSR count). The van der Waals surface area contributed by atoms with E-state index >= 15 is 0 Å². The number of anilines is 1. The number of amides is 2. The Hall–Kier alpha value is -1.49. The van der Waals surface area contributed by atoms with Crippen LogP contribution in [0.15, 0.2) is 24.3 Å². The third kappa shape index (κ3) is 5.37. The summed E-state index contributed by atoms with van der Waals surface area (Å²) in [5.41, 5.74) is 1.93. The first-order chi connectivity index (χ1) is 10.5. The molecule has 0 aliphatic carbocycles. The lowest BCUT2D eigenvalue weighted by Gasteiger charge is -2.30. The van der Waals surface area contributed by atoms with Crippen molar-refractivity contribution in [3.8, 4) is 0 Å². The number of hydrogen-bond donors (Lipinski definition) is 1. The zero-order valence-electron chi connectivity index (χ0n) is 13.3. The van der Waals surface area contributed by atoms with Crippen LogP contribution in [0.2, 0.25) is 0 Å². The lowest BCUT2D eigenvalue weighted by atomic mass is 9.99. The first-order valence-electron chi connectivity index (χ1n) is 7.76. The van der Waals surface area contributed by atoms with E-state index < -0.39 is 0 Å². The number of carbonyl (C=O) groups excluding carboxylic acids is 2. The van der Waals surface area contributed by atoms with E-state index in [0.29, 0.717) is 5.75 Å². The van der Waals surface area contributed by atoms with Crippen molar-refractivity contribution in [2.75, 3.05) is 24.2 Å². The molecule has 4 nitrogen and oxygen atoms in total. The predicted molar refractivity (Wildman–Crippen MR) is 91.9 cm³/mol. The second-order valence-electron chi connectivity index (χ2n) is 5.94. The average molecular weight is 320 g/mol. The zero-order chi connectivity index (χ0) is 15.9. The summed E-state index contributed by atoms with van der Waals surface area (Å²) in [6, 6.07) is 7.78. The summed E-state index contributed by atoms with van der Waals surface area (Å²) in [5, 5.41) is 2.78. The van der Waals surface area contributed by atoms with E-state index in [1.54, 1.807) is 11.8 Å². The molecule has 1 N–H and O–H groups in total. The second kappa shape index (κ2) is 8.22. The van der Waals surface area contributed by atoms with Crippen LogP contribution in [0.25, 0.3) is 0 Å². The molecule has 1 aromatic carbocycles. The molecule has 0 saturated carbocycles. The lowest BCUT2D eigenvalue weighted by molar-refractivity contribution is -0.129. The maximum atomic E-state index is 12.2. The van der Waals surface area contributed by atoms with E-state index in [9.17, 15) is 9.59 Å². The van der Waals surface area contributed by atoms with Crippen LogP contribution in [-0.2, 0) is 15.3 Å². The summed E-state index contributed by atoms with van der Waals surface area (Å²) < 4.78 is 0. The van der Waals surface area contributed by atoms with Crippen LogP contribution >= 0.6 is 11.8 Å². The Bertz CT molecular complexity index is 525. The molecule has 5 heteroatoms. The first kappa shape index (κ1) is 16.9. The number of likely N-dealkylation sites (tertiary alicyclic amines) is 1. The predicted octanol–water partition coefficient (Wildman–Crippen LogP) is 3.14. The molecule has 1 aliphatic heterocycles. The van der Waals surface area contributed by atoms with E-state index in [-0.39, 0.29) is 11.8 Å². The molecule has 1 saturated heterocycles. The second-order valence-corrected chi connectivity index (χ2v) is 6.92. The number of thioether (sulfide) groups is 1. The highest BCUT2D eigenvalue weighted by Gasteiger charge is 2.19. The fourth-order valence-electron chi connectivity index (χ4n) is 2.55. The van der Waals surface area contributed by atoms with Crippen molar-refractivity contribution < 1.29 is 9.59 Å². The van der Waals surface area contributed by atoms with Crippen molar-refractivity contribution >= 4 is 29.3 Å². The minimum atomic E-state index is -0.0701. The van der Waals surface area contributed by atoms with Gasteiger partial charge < -0.3 is 10.2 Å². The van der Waals surface area contributed by atoms with Crippen LogP contribution in [-0.4, -0.2) is 35.6 Å². The zero-order valence-corrected chi connectivity index (χ0v) is 14.1. The number of benzene rings is 1. The molecule has 22 heavy (non-hydrogen) atoms. The van der Waals surface area contributed by atoms with Crippen molar-refractivity contribution in [2.24, 2.45) is 5.92 Å². The number of rotatable bonds is 5. The quantitative estimate of drug-likeness (QED) is 0.907. The van der Waals surface area contributed by atoms with Gasteiger partial charge in [-0.15, -0.1) is 11.8 Å². The van der Waals surface area contributed by atoms with Crippen molar-refractivity contribution in [2.45, 2.75) is 32.4 Å². The normalized spacial score (nSPS) is 15.6. The van der Waals surface area contributed by atoms with Gasteiger partial charge >= 0.3 is 0 Å². The van der Waals surface area contributed by atoms with Gasteiger partial charge in [0.25, 0.3) is 0 Å². The minimum Gasteiger partial charge on any atom is -0.342 e. The largest absolute Gasteiger partial charge is 0.342 e. The summed E-state index contributed by atoms with van der Waals surface area (Å²) in [7, 11) is 0. The number of piperidine rings is 1. The van der Waals surface area contributed by atoms with Crippen LogP contribution < -0.4 is 5.32 Å². The summed E-state index contributed by atoms with van der Waals surface area (Å²) in [4.78, 5) is 25.2. The molecule has 1 aromatic rings. The highest BCUT2D eigenvalue weighted by molar-refractivity contribution is 7.99. The van der Waals surface area contributed by atoms with Crippen LogP contribution in [0.5, 0.6) is 0 Å². The van der Waals surface area contributed by atoms with Crippen LogP contribution in [0.4, 0.5) is 5.69 Å². The number of hydrogen-bond acceptors (Lipinski definition) is 3. The molecular formula is C17H24N2O2S. The standard InChI is InChI=1S/C17H24N2O2S/c1-13-6-8-19(9-7-13)17(21)12-22-11-15-4-3-5-16(10-15)18-14(2)20/h3-5,10,13H,6-9,11-12H2,1-2H3,(H,18,20). The summed E-state index contributed by atoms with van der Waals surface area (Å²) >= 11 is 1.63. The average Bonchev–Trinajstić information content (AvgIpc) is 2.47. The Kier molecular flexibility index (Phi) is 6.31. The van der Waals surface area contributed by atoms with E-state index in [1.807, 2.05) is 29.2 Å². The van der Waals surface area contributed by atoms with E-state index in [0.717, 1.165) is 48.9 Å². The highest BCUT2D eigenvalue weighted by Crippen LogP contribution is 2.19. The molecule has 2 amide bonds. The molecule has 0 atom stereocenters. The monoisotopic (exact) mass is 320 g/mol. The smallest absolute Gasteiger partial charge is 0.232 e. The SMILES string of the molecule is CC(=O)Nc1cccc(CSCC(=O)N2CCC(C)CC2)c1. The van der Waals surface area contributed by atoms with Crippen molar-refractivity contribution in [3.05, 3.63) is 29.8 Å². The van der Waals surface area contributed by atoms with Crippen molar-refractivity contribution in [1.29, 1.82) is 0 Å². The summed E-state index contributed by atoms with van der Waals surface area (Å²) in [6.07, 6.45) is 2.24. The van der Waals surface area contributed by atoms with Gasteiger partial charge in [-0.25, -0.2) is 0 Å². The third-order valence-corrected chi connectivity index (χ3v) is 4.87. The van der Waals surface area contributed by atoms with Crippen molar-refractivity contribution in [3.63, 3.8) is 0 Å². The Balaban J connectivity index is 1.76. The maximum absolute atomic E-state index is 12.2.